The monoisotopic (exact) mass is 197 g/mol. The fourth-order valence-corrected chi connectivity index (χ4v) is 1.86. The van der Waals surface area contributed by atoms with Crippen molar-refractivity contribution in [3.63, 3.8) is 0 Å². The third-order valence-corrected chi connectivity index (χ3v) is 2.64. The highest BCUT2D eigenvalue weighted by molar-refractivity contribution is 6.33. The maximum atomic E-state index is 6.03. The van der Waals surface area contributed by atoms with E-state index in [2.05, 4.69) is 16.8 Å². The Morgan fingerprint density at radius 3 is 3.15 bits per heavy atom. The summed E-state index contributed by atoms with van der Waals surface area (Å²) in [6, 6.07) is 5.94. The van der Waals surface area contributed by atoms with Crippen LogP contribution in [0.1, 0.15) is 12.0 Å². The van der Waals surface area contributed by atoms with Gasteiger partial charge < -0.3 is 5.32 Å². The van der Waals surface area contributed by atoms with Crippen molar-refractivity contribution in [2.45, 2.75) is 19.0 Å². The first-order chi connectivity index (χ1) is 6.31. The number of hydrogen-bond acceptors (Lipinski definition) is 3. The molecule has 0 saturated heterocycles. The largest absolute Gasteiger partial charge is 0.367 e. The lowest BCUT2D eigenvalue weighted by Gasteiger charge is -2.26. The molecular weight excluding hydrogens is 186 g/mol. The summed E-state index contributed by atoms with van der Waals surface area (Å²) in [5, 5.41) is 4.01. The van der Waals surface area contributed by atoms with Gasteiger partial charge in [-0.1, -0.05) is 23.7 Å². The second-order valence-corrected chi connectivity index (χ2v) is 3.58. The minimum absolute atomic E-state index is 0.132. The smallest absolute Gasteiger partial charge is 0.0897 e. The van der Waals surface area contributed by atoms with E-state index in [1.54, 1.807) is 0 Å². The van der Waals surface area contributed by atoms with Crippen LogP contribution in [0.5, 0.6) is 0 Å². The zero-order valence-electron chi connectivity index (χ0n) is 7.18. The van der Waals surface area contributed by atoms with Gasteiger partial charge in [0.1, 0.15) is 0 Å². The summed E-state index contributed by atoms with van der Waals surface area (Å²) in [7, 11) is 0. The van der Waals surface area contributed by atoms with Gasteiger partial charge in [-0.3, -0.25) is 5.84 Å². The van der Waals surface area contributed by atoms with Crippen LogP contribution in [0.4, 0.5) is 5.69 Å². The number of hydrazine groups is 1. The molecule has 1 aliphatic heterocycles. The fraction of sp³-hybridized carbons (Fsp3) is 0.333. The molecule has 0 aromatic heterocycles. The molecule has 0 aliphatic carbocycles. The van der Waals surface area contributed by atoms with E-state index in [1.807, 2.05) is 12.1 Å². The molecular formula is C9H12ClN3. The van der Waals surface area contributed by atoms with Crippen LogP contribution in [-0.4, -0.2) is 6.17 Å². The van der Waals surface area contributed by atoms with Crippen molar-refractivity contribution >= 4 is 17.3 Å². The minimum atomic E-state index is 0.132. The van der Waals surface area contributed by atoms with Gasteiger partial charge in [-0.05, 0) is 24.5 Å². The number of para-hydroxylation sites is 1. The van der Waals surface area contributed by atoms with Crippen LogP contribution in [0.15, 0.2) is 18.2 Å². The van der Waals surface area contributed by atoms with Crippen LogP contribution in [0.25, 0.3) is 0 Å². The number of aryl methyl sites for hydroxylation is 1. The predicted molar refractivity (Wildman–Crippen MR) is 54.5 cm³/mol. The van der Waals surface area contributed by atoms with Crippen molar-refractivity contribution in [3.8, 4) is 0 Å². The first kappa shape index (κ1) is 8.81. The molecule has 0 bridgehead atoms. The van der Waals surface area contributed by atoms with Crippen LogP contribution in [0, 0.1) is 0 Å². The number of anilines is 1. The number of fused-ring (bicyclic) bond motifs is 1. The molecule has 70 valence electrons. The molecule has 0 radical (unpaired) electrons. The number of rotatable bonds is 1. The van der Waals surface area contributed by atoms with Gasteiger partial charge in [0.15, 0.2) is 0 Å². The molecule has 4 N–H and O–H groups in total. The fourth-order valence-electron chi connectivity index (χ4n) is 1.61. The van der Waals surface area contributed by atoms with Crippen LogP contribution < -0.4 is 16.6 Å². The minimum Gasteiger partial charge on any atom is -0.367 e. The first-order valence-corrected chi connectivity index (χ1v) is 4.69. The summed E-state index contributed by atoms with van der Waals surface area (Å²) in [4.78, 5) is 0. The molecule has 1 aliphatic rings. The molecule has 2 rings (SSSR count). The number of nitrogens with one attached hydrogen (secondary N) is 2. The summed E-state index contributed by atoms with van der Waals surface area (Å²) in [5.41, 5.74) is 4.98. The number of halogens is 1. The summed E-state index contributed by atoms with van der Waals surface area (Å²) in [6.45, 7) is 0. The van der Waals surface area contributed by atoms with Crippen LogP contribution in [-0.2, 0) is 6.42 Å². The van der Waals surface area contributed by atoms with E-state index in [0.29, 0.717) is 0 Å². The van der Waals surface area contributed by atoms with E-state index >= 15 is 0 Å². The maximum Gasteiger partial charge on any atom is 0.0897 e. The molecule has 1 atom stereocenters. The molecule has 1 aromatic carbocycles. The van der Waals surface area contributed by atoms with E-state index in [4.69, 9.17) is 17.4 Å². The van der Waals surface area contributed by atoms with Crippen molar-refractivity contribution < 1.29 is 0 Å². The summed E-state index contributed by atoms with van der Waals surface area (Å²) in [6.07, 6.45) is 2.13. The Balaban J connectivity index is 2.32. The lowest BCUT2D eigenvalue weighted by atomic mass is 10.0. The number of nitrogens with two attached hydrogens (primary N) is 1. The van der Waals surface area contributed by atoms with Gasteiger partial charge in [-0.2, -0.15) is 0 Å². The molecule has 0 fully saturated rings. The molecule has 4 heteroatoms. The quantitative estimate of drug-likeness (QED) is 0.472. The van der Waals surface area contributed by atoms with Gasteiger partial charge in [-0.15, -0.1) is 0 Å². The van der Waals surface area contributed by atoms with Crippen LogP contribution in [0.2, 0.25) is 5.02 Å². The first-order valence-electron chi connectivity index (χ1n) is 4.31. The Kier molecular flexibility index (Phi) is 2.40. The van der Waals surface area contributed by atoms with E-state index in [9.17, 15) is 0 Å². The molecule has 1 heterocycles. The SMILES string of the molecule is NNC1CCc2cccc(Cl)c2N1. The molecule has 0 saturated carbocycles. The van der Waals surface area contributed by atoms with E-state index < -0.39 is 0 Å². The predicted octanol–water partition coefficient (Wildman–Crippen LogP) is 1.49. The third-order valence-electron chi connectivity index (χ3n) is 2.32. The Labute approximate surface area is 82.2 Å². The van der Waals surface area contributed by atoms with Gasteiger partial charge in [0.2, 0.25) is 0 Å². The zero-order valence-corrected chi connectivity index (χ0v) is 7.93. The van der Waals surface area contributed by atoms with Gasteiger partial charge in [0, 0.05) is 0 Å². The third kappa shape index (κ3) is 1.63. The molecule has 3 nitrogen and oxygen atoms in total. The topological polar surface area (TPSA) is 50.1 Å². The van der Waals surface area contributed by atoms with E-state index in [0.717, 1.165) is 23.6 Å². The summed E-state index contributed by atoms with van der Waals surface area (Å²) in [5.74, 6) is 5.35. The van der Waals surface area contributed by atoms with Crippen molar-refractivity contribution in [1.29, 1.82) is 0 Å². The van der Waals surface area contributed by atoms with Gasteiger partial charge >= 0.3 is 0 Å². The molecule has 0 spiro atoms. The van der Waals surface area contributed by atoms with Crippen molar-refractivity contribution in [1.82, 2.24) is 5.43 Å². The van der Waals surface area contributed by atoms with Gasteiger partial charge in [0.25, 0.3) is 0 Å². The number of benzene rings is 1. The summed E-state index contributed by atoms with van der Waals surface area (Å²) < 4.78 is 0. The van der Waals surface area contributed by atoms with Crippen molar-refractivity contribution in [2.24, 2.45) is 5.84 Å². The standard InChI is InChI=1S/C9H12ClN3/c10-7-3-1-2-6-4-5-8(13-11)12-9(6)7/h1-3,8,12-13H,4-5,11H2. The maximum absolute atomic E-state index is 6.03. The lowest BCUT2D eigenvalue weighted by Crippen LogP contribution is -2.43. The highest BCUT2D eigenvalue weighted by atomic mass is 35.5. The Morgan fingerprint density at radius 2 is 2.38 bits per heavy atom. The van der Waals surface area contributed by atoms with Gasteiger partial charge in [0.05, 0.1) is 16.9 Å². The van der Waals surface area contributed by atoms with E-state index in [-0.39, 0.29) is 6.17 Å². The molecule has 1 aromatic rings. The average Bonchev–Trinajstić information content (AvgIpc) is 2.18. The zero-order chi connectivity index (χ0) is 9.26. The molecule has 0 amide bonds. The van der Waals surface area contributed by atoms with Gasteiger partial charge in [-0.25, -0.2) is 5.43 Å². The lowest BCUT2D eigenvalue weighted by molar-refractivity contribution is 0.530. The average molecular weight is 198 g/mol. The normalized spacial score (nSPS) is 20.6. The highest BCUT2D eigenvalue weighted by Gasteiger charge is 2.17. The second-order valence-electron chi connectivity index (χ2n) is 3.18. The van der Waals surface area contributed by atoms with Crippen molar-refractivity contribution in [3.05, 3.63) is 28.8 Å². The Bertz CT molecular complexity index is 314. The molecule has 1 unspecified atom stereocenters. The Morgan fingerprint density at radius 1 is 1.54 bits per heavy atom. The van der Waals surface area contributed by atoms with Crippen LogP contribution >= 0.6 is 11.6 Å². The van der Waals surface area contributed by atoms with E-state index in [1.165, 1.54) is 5.56 Å². The Hall–Kier alpha value is -0.770. The second kappa shape index (κ2) is 3.54. The summed E-state index contributed by atoms with van der Waals surface area (Å²) >= 11 is 6.03. The molecule has 13 heavy (non-hydrogen) atoms. The highest BCUT2D eigenvalue weighted by Crippen LogP contribution is 2.30. The van der Waals surface area contributed by atoms with Crippen LogP contribution in [0.3, 0.4) is 0 Å². The van der Waals surface area contributed by atoms with Crippen molar-refractivity contribution in [2.75, 3.05) is 5.32 Å². The number of hydrogen-bond donors (Lipinski definition) is 3.